The Bertz CT molecular complexity index is 1210. The SMILES string of the molecule is O=C(O)C(F)(F)F.O=C(c1ccc(F)cc1C(F)(F)F)N1CCN(c2ccc(OCCCN3CCCCCCC3)cc2)CC1. The zero-order valence-corrected chi connectivity index (χ0v) is 24.1. The normalized spacial score (nSPS) is 16.8. The summed E-state index contributed by atoms with van der Waals surface area (Å²) >= 11 is 0. The number of carbonyl (C=O) groups is 2. The molecular formula is C30H36F7N3O4. The first-order chi connectivity index (χ1) is 20.8. The lowest BCUT2D eigenvalue weighted by molar-refractivity contribution is -0.192. The summed E-state index contributed by atoms with van der Waals surface area (Å²) in [4.78, 5) is 27.7. The number of hydrogen-bond donors (Lipinski definition) is 1. The molecule has 2 aliphatic heterocycles. The predicted molar refractivity (Wildman–Crippen MR) is 149 cm³/mol. The highest BCUT2D eigenvalue weighted by Crippen LogP contribution is 2.33. The molecule has 2 aromatic carbocycles. The Kier molecular flexibility index (Phi) is 12.7. The van der Waals surface area contributed by atoms with E-state index in [0.29, 0.717) is 25.8 Å². The lowest BCUT2D eigenvalue weighted by Gasteiger charge is -2.36. The maximum Gasteiger partial charge on any atom is 0.490 e. The molecule has 244 valence electrons. The van der Waals surface area contributed by atoms with E-state index in [1.807, 2.05) is 24.3 Å². The molecule has 0 aliphatic carbocycles. The highest BCUT2D eigenvalue weighted by Gasteiger charge is 2.38. The quantitative estimate of drug-likeness (QED) is 0.278. The number of anilines is 1. The third kappa shape index (κ3) is 10.9. The molecule has 0 bridgehead atoms. The molecule has 1 N–H and O–H groups in total. The first kappa shape index (κ1) is 34.9. The van der Waals surface area contributed by atoms with E-state index in [1.165, 1.54) is 50.1 Å². The van der Waals surface area contributed by atoms with Crippen molar-refractivity contribution < 1.29 is 50.2 Å². The fourth-order valence-corrected chi connectivity index (χ4v) is 5.04. The average Bonchev–Trinajstić information content (AvgIpc) is 2.95. The van der Waals surface area contributed by atoms with Gasteiger partial charge in [0.2, 0.25) is 0 Å². The number of alkyl halides is 6. The highest BCUT2D eigenvalue weighted by atomic mass is 19.4. The van der Waals surface area contributed by atoms with E-state index in [1.54, 1.807) is 0 Å². The smallest absolute Gasteiger partial charge is 0.490 e. The maximum atomic E-state index is 13.4. The van der Waals surface area contributed by atoms with E-state index in [4.69, 9.17) is 14.6 Å². The molecule has 14 heteroatoms. The van der Waals surface area contributed by atoms with Crippen LogP contribution < -0.4 is 9.64 Å². The van der Waals surface area contributed by atoms with Crippen molar-refractivity contribution in [2.45, 2.75) is 50.9 Å². The number of carboxylic acid groups (broad SMARTS) is 1. The topological polar surface area (TPSA) is 73.3 Å². The van der Waals surface area contributed by atoms with Crippen LogP contribution in [0.5, 0.6) is 5.75 Å². The third-order valence-corrected chi connectivity index (χ3v) is 7.36. The molecule has 0 aromatic heterocycles. The molecule has 0 saturated carbocycles. The van der Waals surface area contributed by atoms with Crippen LogP contribution in [0.2, 0.25) is 0 Å². The molecule has 2 saturated heterocycles. The molecule has 2 aromatic rings. The number of piperazine rings is 1. The Labute approximate surface area is 251 Å². The van der Waals surface area contributed by atoms with Gasteiger partial charge in [0.15, 0.2) is 0 Å². The molecule has 7 nitrogen and oxygen atoms in total. The van der Waals surface area contributed by atoms with Gasteiger partial charge in [0, 0.05) is 38.4 Å². The van der Waals surface area contributed by atoms with Gasteiger partial charge in [0.1, 0.15) is 11.6 Å². The molecule has 2 aliphatic rings. The molecule has 0 unspecified atom stereocenters. The number of nitrogens with zero attached hydrogens (tertiary/aromatic N) is 3. The van der Waals surface area contributed by atoms with Crippen LogP contribution in [0.25, 0.3) is 0 Å². The zero-order valence-electron chi connectivity index (χ0n) is 24.1. The summed E-state index contributed by atoms with van der Waals surface area (Å²) < 4.78 is 91.0. The minimum absolute atomic E-state index is 0.280. The van der Waals surface area contributed by atoms with Crippen molar-refractivity contribution in [1.82, 2.24) is 9.80 Å². The van der Waals surface area contributed by atoms with Crippen LogP contribution >= 0.6 is 0 Å². The van der Waals surface area contributed by atoms with Crippen LogP contribution in [-0.2, 0) is 11.0 Å². The van der Waals surface area contributed by atoms with Gasteiger partial charge in [-0.3, -0.25) is 4.79 Å². The van der Waals surface area contributed by atoms with Gasteiger partial charge in [-0.05, 0) is 74.8 Å². The van der Waals surface area contributed by atoms with Crippen LogP contribution in [0.4, 0.5) is 36.4 Å². The summed E-state index contributed by atoms with van der Waals surface area (Å²) in [6.07, 6.45) is -2.31. The van der Waals surface area contributed by atoms with Crippen molar-refractivity contribution in [3.05, 3.63) is 59.4 Å². The second-order valence-corrected chi connectivity index (χ2v) is 10.6. The van der Waals surface area contributed by atoms with Gasteiger partial charge in [0.25, 0.3) is 5.91 Å². The fraction of sp³-hybridized carbons (Fsp3) is 0.533. The van der Waals surface area contributed by atoms with Gasteiger partial charge >= 0.3 is 18.3 Å². The second-order valence-electron chi connectivity index (χ2n) is 10.6. The number of rotatable bonds is 7. The average molecular weight is 636 g/mol. The van der Waals surface area contributed by atoms with E-state index < -0.39 is 41.2 Å². The number of benzene rings is 2. The zero-order chi connectivity index (χ0) is 32.3. The number of likely N-dealkylation sites (tertiary alicyclic amines) is 1. The highest BCUT2D eigenvalue weighted by molar-refractivity contribution is 5.96. The van der Waals surface area contributed by atoms with Gasteiger partial charge in [-0.25, -0.2) is 9.18 Å². The molecule has 2 fully saturated rings. The van der Waals surface area contributed by atoms with E-state index in [2.05, 4.69) is 9.80 Å². The van der Waals surface area contributed by atoms with Crippen LogP contribution in [-0.4, -0.2) is 85.4 Å². The van der Waals surface area contributed by atoms with Crippen LogP contribution in [0.15, 0.2) is 42.5 Å². The molecular weight excluding hydrogens is 599 g/mol. The summed E-state index contributed by atoms with van der Waals surface area (Å²) in [6.45, 7) is 5.63. The van der Waals surface area contributed by atoms with Gasteiger partial charge < -0.3 is 24.5 Å². The molecule has 0 spiro atoms. The Morgan fingerprint density at radius 3 is 1.91 bits per heavy atom. The van der Waals surface area contributed by atoms with Crippen molar-refractivity contribution in [1.29, 1.82) is 0 Å². The van der Waals surface area contributed by atoms with Gasteiger partial charge in [-0.2, -0.15) is 26.3 Å². The lowest BCUT2D eigenvalue weighted by Crippen LogP contribution is -2.49. The number of ether oxygens (including phenoxy) is 1. The Balaban J connectivity index is 0.000000676. The molecule has 1 amide bonds. The molecule has 0 radical (unpaired) electrons. The lowest BCUT2D eigenvalue weighted by atomic mass is 10.0. The third-order valence-electron chi connectivity index (χ3n) is 7.36. The van der Waals surface area contributed by atoms with E-state index in [9.17, 15) is 35.5 Å². The molecule has 4 rings (SSSR count). The van der Waals surface area contributed by atoms with Gasteiger partial charge in [-0.1, -0.05) is 19.3 Å². The van der Waals surface area contributed by atoms with Crippen LogP contribution in [0.3, 0.4) is 0 Å². The van der Waals surface area contributed by atoms with E-state index in [0.717, 1.165) is 36.5 Å². The molecule has 0 atom stereocenters. The van der Waals surface area contributed by atoms with Crippen molar-refractivity contribution in [2.24, 2.45) is 0 Å². The molecule has 44 heavy (non-hydrogen) atoms. The predicted octanol–water partition coefficient (Wildman–Crippen LogP) is 6.48. The maximum absolute atomic E-state index is 13.4. The number of carbonyl (C=O) groups excluding carboxylic acids is 1. The Hall–Kier alpha value is -3.55. The number of amides is 1. The summed E-state index contributed by atoms with van der Waals surface area (Å²) in [5.41, 5.74) is -0.787. The van der Waals surface area contributed by atoms with Gasteiger partial charge in [-0.15, -0.1) is 0 Å². The van der Waals surface area contributed by atoms with Crippen molar-refractivity contribution in [2.75, 3.05) is 57.3 Å². The number of aliphatic carboxylic acids is 1. The molecule has 2 heterocycles. The van der Waals surface area contributed by atoms with Gasteiger partial charge in [0.05, 0.1) is 17.7 Å². The summed E-state index contributed by atoms with van der Waals surface area (Å²) in [5, 5.41) is 7.12. The van der Waals surface area contributed by atoms with Crippen molar-refractivity contribution in [3.63, 3.8) is 0 Å². The number of carboxylic acids is 1. The Morgan fingerprint density at radius 1 is 0.795 bits per heavy atom. The monoisotopic (exact) mass is 635 g/mol. The van der Waals surface area contributed by atoms with Crippen LogP contribution in [0.1, 0.15) is 54.4 Å². The fourth-order valence-electron chi connectivity index (χ4n) is 5.04. The van der Waals surface area contributed by atoms with Crippen molar-refractivity contribution in [3.8, 4) is 5.75 Å². The largest absolute Gasteiger partial charge is 0.494 e. The summed E-state index contributed by atoms with van der Waals surface area (Å²) in [5.74, 6) is -3.70. The first-order valence-corrected chi connectivity index (χ1v) is 14.4. The standard InChI is InChI=1S/C28H35F4N3O2.C2HF3O2/c29-22-7-12-25(26(21-22)28(30,31)32)27(36)35-18-16-34(17-19-35)23-8-10-24(11-9-23)37-20-6-15-33-13-4-2-1-3-5-14-33;3-2(4,5)1(6)7/h7-12,21H,1-6,13-20H2;(H,6,7). The second kappa shape index (κ2) is 16.0. The summed E-state index contributed by atoms with van der Waals surface area (Å²) in [7, 11) is 0. The van der Waals surface area contributed by atoms with Crippen molar-refractivity contribution >= 4 is 17.6 Å². The minimum Gasteiger partial charge on any atom is -0.494 e. The van der Waals surface area contributed by atoms with Crippen LogP contribution in [0, 0.1) is 5.82 Å². The Morgan fingerprint density at radius 2 is 1.36 bits per heavy atom. The first-order valence-electron chi connectivity index (χ1n) is 14.4. The summed E-state index contributed by atoms with van der Waals surface area (Å²) in [6, 6.07) is 9.97. The van der Waals surface area contributed by atoms with E-state index >= 15 is 0 Å². The minimum atomic E-state index is -5.08. The van der Waals surface area contributed by atoms with E-state index in [-0.39, 0.29) is 13.1 Å². The number of halogens is 7. The number of hydrogen-bond acceptors (Lipinski definition) is 5.